The van der Waals surface area contributed by atoms with Gasteiger partial charge >= 0.3 is 0 Å². The zero-order valence-corrected chi connectivity index (χ0v) is 6.32. The quantitative estimate of drug-likeness (QED) is 0.530. The van der Waals surface area contributed by atoms with Crippen molar-refractivity contribution in [2.75, 3.05) is 13.1 Å². The van der Waals surface area contributed by atoms with Crippen LogP contribution in [0.4, 0.5) is 4.39 Å². The van der Waals surface area contributed by atoms with Gasteiger partial charge in [-0.25, -0.2) is 0 Å². The van der Waals surface area contributed by atoms with Crippen LogP contribution in [0.3, 0.4) is 0 Å². The van der Waals surface area contributed by atoms with Crippen LogP contribution >= 0.6 is 0 Å². The van der Waals surface area contributed by atoms with Crippen molar-refractivity contribution in [2.24, 2.45) is 0 Å². The lowest BCUT2D eigenvalue weighted by Crippen LogP contribution is -2.19. The van der Waals surface area contributed by atoms with E-state index in [2.05, 4.69) is 0 Å². The molecule has 0 radical (unpaired) electrons. The summed E-state index contributed by atoms with van der Waals surface area (Å²) in [5.41, 5.74) is 0. The smallest absolute Gasteiger partial charge is 0.185 e. The van der Waals surface area contributed by atoms with Gasteiger partial charge in [0.1, 0.15) is 0 Å². The molecule has 0 atom stereocenters. The number of halogens is 1. The minimum atomic E-state index is -0.125. The van der Waals surface area contributed by atoms with E-state index in [4.69, 9.17) is 0 Å². The van der Waals surface area contributed by atoms with Crippen molar-refractivity contribution in [3.05, 3.63) is 12.0 Å². The third-order valence-corrected chi connectivity index (χ3v) is 1.30. The Labute approximate surface area is 56.2 Å². The molecule has 0 rings (SSSR count). The van der Waals surface area contributed by atoms with Crippen LogP contribution in [0.25, 0.3) is 0 Å². The van der Waals surface area contributed by atoms with Gasteiger partial charge in [-0.1, -0.05) is 0 Å². The summed E-state index contributed by atoms with van der Waals surface area (Å²) in [5, 5.41) is 0. The van der Waals surface area contributed by atoms with E-state index in [1.165, 1.54) is 6.08 Å². The van der Waals surface area contributed by atoms with Crippen LogP contribution in [0.15, 0.2) is 12.0 Å². The Morgan fingerprint density at radius 3 is 2.00 bits per heavy atom. The molecule has 0 unspecified atom stereocenters. The second-order valence-electron chi connectivity index (χ2n) is 1.78. The zero-order valence-electron chi connectivity index (χ0n) is 6.32. The molecule has 0 amide bonds. The molecule has 0 aromatic carbocycles. The van der Waals surface area contributed by atoms with Gasteiger partial charge in [0.15, 0.2) is 5.95 Å². The highest BCUT2D eigenvalue weighted by Gasteiger charge is 1.99. The molecular weight excluding hydrogens is 117 g/mol. The fraction of sp³-hybridized carbons (Fsp3) is 0.714. The Hall–Kier alpha value is -0.530. The maximum atomic E-state index is 12.6. The standard InChI is InChI=1S/C7H14FN/c1-4-7(8)9(5-2)6-3/h4H,5-6H2,1-3H3/b7-4+. The van der Waals surface area contributed by atoms with Gasteiger partial charge in [-0.05, 0) is 26.8 Å². The summed E-state index contributed by atoms with van der Waals surface area (Å²) in [4.78, 5) is 1.67. The van der Waals surface area contributed by atoms with E-state index in [1.807, 2.05) is 13.8 Å². The summed E-state index contributed by atoms with van der Waals surface area (Å²) in [6.07, 6.45) is 1.48. The predicted octanol–water partition coefficient (Wildman–Crippen LogP) is 2.16. The van der Waals surface area contributed by atoms with Gasteiger partial charge < -0.3 is 4.90 Å². The number of rotatable bonds is 3. The van der Waals surface area contributed by atoms with E-state index in [0.29, 0.717) is 0 Å². The molecule has 0 aromatic heterocycles. The van der Waals surface area contributed by atoms with Gasteiger partial charge in [0.25, 0.3) is 0 Å². The van der Waals surface area contributed by atoms with Gasteiger partial charge in [-0.15, -0.1) is 0 Å². The van der Waals surface area contributed by atoms with Crippen molar-refractivity contribution >= 4 is 0 Å². The van der Waals surface area contributed by atoms with E-state index in [0.717, 1.165) is 13.1 Å². The Balaban J connectivity index is 3.79. The van der Waals surface area contributed by atoms with Gasteiger partial charge in [0.2, 0.25) is 0 Å². The average Bonchev–Trinajstić information content (AvgIpc) is 1.90. The van der Waals surface area contributed by atoms with Crippen LogP contribution < -0.4 is 0 Å². The predicted molar refractivity (Wildman–Crippen MR) is 37.8 cm³/mol. The Morgan fingerprint density at radius 1 is 1.44 bits per heavy atom. The summed E-state index contributed by atoms with van der Waals surface area (Å²) in [6, 6.07) is 0. The van der Waals surface area contributed by atoms with Crippen molar-refractivity contribution in [3.63, 3.8) is 0 Å². The monoisotopic (exact) mass is 131 g/mol. The van der Waals surface area contributed by atoms with E-state index in [1.54, 1.807) is 11.8 Å². The first-order chi connectivity index (χ1) is 4.26. The summed E-state index contributed by atoms with van der Waals surface area (Å²) < 4.78 is 12.6. The number of nitrogens with zero attached hydrogens (tertiary/aromatic N) is 1. The molecular formula is C7H14FN. The van der Waals surface area contributed by atoms with Crippen LogP contribution in [0.5, 0.6) is 0 Å². The van der Waals surface area contributed by atoms with Crippen LogP contribution in [0.1, 0.15) is 20.8 Å². The van der Waals surface area contributed by atoms with E-state index >= 15 is 0 Å². The molecule has 0 N–H and O–H groups in total. The first kappa shape index (κ1) is 8.47. The van der Waals surface area contributed by atoms with Crippen molar-refractivity contribution in [1.82, 2.24) is 4.90 Å². The van der Waals surface area contributed by atoms with E-state index in [9.17, 15) is 4.39 Å². The number of allylic oxidation sites excluding steroid dienone is 1. The second-order valence-corrected chi connectivity index (χ2v) is 1.78. The maximum absolute atomic E-state index is 12.6. The summed E-state index contributed by atoms with van der Waals surface area (Å²) in [7, 11) is 0. The van der Waals surface area contributed by atoms with Crippen molar-refractivity contribution < 1.29 is 4.39 Å². The summed E-state index contributed by atoms with van der Waals surface area (Å²) >= 11 is 0. The lowest BCUT2D eigenvalue weighted by molar-refractivity contribution is 0.293. The fourth-order valence-corrected chi connectivity index (χ4v) is 0.708. The Morgan fingerprint density at radius 2 is 1.89 bits per heavy atom. The first-order valence-electron chi connectivity index (χ1n) is 3.33. The normalized spacial score (nSPS) is 11.8. The maximum Gasteiger partial charge on any atom is 0.185 e. The van der Waals surface area contributed by atoms with Gasteiger partial charge in [-0.3, -0.25) is 0 Å². The lowest BCUT2D eigenvalue weighted by Gasteiger charge is -2.16. The molecule has 2 heteroatoms. The zero-order chi connectivity index (χ0) is 7.28. The minimum Gasteiger partial charge on any atom is -0.349 e. The summed E-state index contributed by atoms with van der Waals surface area (Å²) in [6.45, 7) is 7.06. The molecule has 0 saturated heterocycles. The number of hydrogen-bond donors (Lipinski definition) is 0. The lowest BCUT2D eigenvalue weighted by atomic mass is 10.5. The van der Waals surface area contributed by atoms with E-state index < -0.39 is 0 Å². The molecule has 0 aromatic rings. The molecule has 1 nitrogen and oxygen atoms in total. The molecule has 0 aliphatic rings. The molecule has 0 spiro atoms. The fourth-order valence-electron chi connectivity index (χ4n) is 0.708. The third-order valence-electron chi connectivity index (χ3n) is 1.30. The third kappa shape index (κ3) is 2.49. The Bertz CT molecular complexity index is 95.1. The molecule has 0 fully saturated rings. The Kier molecular flexibility index (Phi) is 4.10. The van der Waals surface area contributed by atoms with Gasteiger partial charge in [-0.2, -0.15) is 4.39 Å². The molecule has 0 aliphatic carbocycles. The van der Waals surface area contributed by atoms with Crippen molar-refractivity contribution in [3.8, 4) is 0 Å². The highest BCUT2D eigenvalue weighted by Crippen LogP contribution is 2.02. The van der Waals surface area contributed by atoms with Crippen LogP contribution in [-0.4, -0.2) is 18.0 Å². The minimum absolute atomic E-state index is 0.125. The van der Waals surface area contributed by atoms with Crippen LogP contribution in [0.2, 0.25) is 0 Å². The molecule has 0 heterocycles. The second kappa shape index (κ2) is 4.36. The molecule has 9 heavy (non-hydrogen) atoms. The molecule has 54 valence electrons. The molecule has 0 saturated carbocycles. The van der Waals surface area contributed by atoms with Crippen LogP contribution in [0, 0.1) is 0 Å². The highest BCUT2D eigenvalue weighted by atomic mass is 19.1. The van der Waals surface area contributed by atoms with Gasteiger partial charge in [0, 0.05) is 13.1 Å². The average molecular weight is 131 g/mol. The molecule has 0 aliphatic heterocycles. The van der Waals surface area contributed by atoms with Crippen molar-refractivity contribution in [2.45, 2.75) is 20.8 Å². The topological polar surface area (TPSA) is 3.24 Å². The van der Waals surface area contributed by atoms with Crippen LogP contribution in [-0.2, 0) is 0 Å². The summed E-state index contributed by atoms with van der Waals surface area (Å²) in [5.74, 6) is -0.125. The SMILES string of the molecule is C/C=C(\F)N(CC)CC. The highest BCUT2D eigenvalue weighted by molar-refractivity contribution is 4.87. The number of hydrogen-bond acceptors (Lipinski definition) is 1. The largest absolute Gasteiger partial charge is 0.349 e. The first-order valence-corrected chi connectivity index (χ1v) is 3.33. The van der Waals surface area contributed by atoms with Gasteiger partial charge in [0.05, 0.1) is 0 Å². The van der Waals surface area contributed by atoms with Crippen molar-refractivity contribution in [1.29, 1.82) is 0 Å². The molecule has 0 bridgehead atoms. The van der Waals surface area contributed by atoms with E-state index in [-0.39, 0.29) is 5.95 Å².